The third kappa shape index (κ3) is 7.26. The number of hydrazone groups is 1. The molecule has 0 unspecified atom stereocenters. The average Bonchev–Trinajstić information content (AvgIpc) is 2.88. The van der Waals surface area contributed by atoms with Crippen molar-refractivity contribution in [3.05, 3.63) is 94.5 Å². The Balaban J connectivity index is 1.70. The van der Waals surface area contributed by atoms with E-state index in [1.54, 1.807) is 36.4 Å². The number of carbonyl (C=O) groups is 1. The van der Waals surface area contributed by atoms with Crippen molar-refractivity contribution in [2.24, 2.45) is 5.10 Å². The smallest absolute Gasteiger partial charge is 0.271 e. The highest BCUT2D eigenvalue weighted by Crippen LogP contribution is 2.37. The zero-order valence-corrected chi connectivity index (χ0v) is 21.3. The van der Waals surface area contributed by atoms with Crippen LogP contribution in [0.2, 0.25) is 5.02 Å². The molecule has 0 aliphatic rings. The number of hydrogen-bond acceptors (Lipinski definition) is 6. The number of halogens is 1. The lowest BCUT2D eigenvalue weighted by atomic mass is 10.1. The summed E-state index contributed by atoms with van der Waals surface area (Å²) in [5.41, 5.74) is 5.70. The Bertz CT molecular complexity index is 1230. The van der Waals surface area contributed by atoms with Crippen LogP contribution >= 0.6 is 11.6 Å². The molecule has 3 rings (SSSR count). The summed E-state index contributed by atoms with van der Waals surface area (Å²) in [7, 11) is 1.50. The van der Waals surface area contributed by atoms with E-state index in [1.807, 2.05) is 38.1 Å². The molecule has 0 fully saturated rings. The standard InChI is InChI=1S/C28H29ClN2O5/c1-5-13-35-24-12-11-22(16-25(24)33-4)28(32)31-30-17-21-14-23(29)27(26(15-21)34-6-2)36-18-20-9-7-19(3)8-10-20/h5,7-12,14-17H,1,6,13,18H2,2-4H3,(H,31,32)/b30-17+. The molecule has 0 aliphatic heterocycles. The fourth-order valence-electron chi connectivity index (χ4n) is 3.21. The maximum atomic E-state index is 12.6. The van der Waals surface area contributed by atoms with Crippen molar-refractivity contribution in [2.45, 2.75) is 20.5 Å². The van der Waals surface area contributed by atoms with Crippen molar-refractivity contribution in [2.75, 3.05) is 20.3 Å². The summed E-state index contributed by atoms with van der Waals surface area (Å²) in [4.78, 5) is 12.6. The number of hydrogen-bond donors (Lipinski definition) is 1. The first-order valence-corrected chi connectivity index (χ1v) is 11.7. The van der Waals surface area contributed by atoms with Gasteiger partial charge in [0.05, 0.1) is 25.0 Å². The molecule has 0 aliphatic carbocycles. The first-order chi connectivity index (χ1) is 17.4. The maximum Gasteiger partial charge on any atom is 0.271 e. The van der Waals surface area contributed by atoms with Crippen LogP contribution in [0.5, 0.6) is 23.0 Å². The zero-order valence-electron chi connectivity index (χ0n) is 20.5. The summed E-state index contributed by atoms with van der Waals surface area (Å²) >= 11 is 6.50. The van der Waals surface area contributed by atoms with E-state index in [2.05, 4.69) is 17.1 Å². The summed E-state index contributed by atoms with van der Waals surface area (Å²) in [6.07, 6.45) is 3.11. The molecule has 1 N–H and O–H groups in total. The molecule has 0 saturated heterocycles. The largest absolute Gasteiger partial charge is 0.493 e. The van der Waals surface area contributed by atoms with E-state index in [4.69, 9.17) is 30.5 Å². The van der Waals surface area contributed by atoms with Crippen molar-refractivity contribution in [3.8, 4) is 23.0 Å². The molecule has 0 aromatic heterocycles. The number of nitrogens with zero attached hydrogens (tertiary/aromatic N) is 1. The van der Waals surface area contributed by atoms with E-state index in [1.165, 1.54) is 18.9 Å². The van der Waals surface area contributed by atoms with Crippen molar-refractivity contribution < 1.29 is 23.7 Å². The number of carbonyl (C=O) groups excluding carboxylic acids is 1. The van der Waals surface area contributed by atoms with Gasteiger partial charge >= 0.3 is 0 Å². The van der Waals surface area contributed by atoms with E-state index < -0.39 is 5.91 Å². The van der Waals surface area contributed by atoms with Crippen LogP contribution in [-0.2, 0) is 6.61 Å². The highest BCUT2D eigenvalue weighted by atomic mass is 35.5. The van der Waals surface area contributed by atoms with Gasteiger partial charge in [0.15, 0.2) is 23.0 Å². The second-order valence-corrected chi connectivity index (χ2v) is 8.11. The van der Waals surface area contributed by atoms with E-state index >= 15 is 0 Å². The van der Waals surface area contributed by atoms with Crippen LogP contribution in [0.1, 0.15) is 34.0 Å². The fraction of sp³-hybridized carbons (Fsp3) is 0.214. The molecule has 0 atom stereocenters. The lowest BCUT2D eigenvalue weighted by Crippen LogP contribution is -2.17. The van der Waals surface area contributed by atoms with E-state index in [0.29, 0.717) is 59.0 Å². The van der Waals surface area contributed by atoms with E-state index in [0.717, 1.165) is 5.56 Å². The molecule has 188 valence electrons. The molecule has 0 bridgehead atoms. The second kappa shape index (κ2) is 13.2. The first kappa shape index (κ1) is 26.6. The number of rotatable bonds is 12. The van der Waals surface area contributed by atoms with Gasteiger partial charge in [-0.2, -0.15) is 5.10 Å². The summed E-state index contributed by atoms with van der Waals surface area (Å²) in [5.74, 6) is 1.48. The molecule has 0 saturated carbocycles. The number of nitrogens with one attached hydrogen (secondary N) is 1. The maximum absolute atomic E-state index is 12.6. The Labute approximate surface area is 216 Å². The minimum atomic E-state index is -0.408. The quantitative estimate of drug-likeness (QED) is 0.185. The highest BCUT2D eigenvalue weighted by molar-refractivity contribution is 6.32. The Morgan fingerprint density at radius 1 is 1.03 bits per heavy atom. The Hall–Kier alpha value is -3.97. The number of benzene rings is 3. The van der Waals surface area contributed by atoms with Crippen molar-refractivity contribution in [1.82, 2.24) is 5.43 Å². The molecule has 1 amide bonds. The predicted molar refractivity (Wildman–Crippen MR) is 142 cm³/mol. The molecular formula is C28H29ClN2O5. The van der Waals surface area contributed by atoms with Gasteiger partial charge in [-0.15, -0.1) is 0 Å². The monoisotopic (exact) mass is 508 g/mol. The van der Waals surface area contributed by atoms with Gasteiger partial charge in [0.2, 0.25) is 0 Å². The Kier molecular flexibility index (Phi) is 9.77. The van der Waals surface area contributed by atoms with Gasteiger partial charge in [0.1, 0.15) is 13.2 Å². The van der Waals surface area contributed by atoms with E-state index in [-0.39, 0.29) is 0 Å². The third-order valence-electron chi connectivity index (χ3n) is 5.00. The van der Waals surface area contributed by atoms with Crippen LogP contribution in [0.4, 0.5) is 0 Å². The van der Waals surface area contributed by atoms with Crippen molar-refractivity contribution >= 4 is 23.7 Å². The topological polar surface area (TPSA) is 78.4 Å². The van der Waals surface area contributed by atoms with Crippen molar-refractivity contribution in [1.29, 1.82) is 0 Å². The van der Waals surface area contributed by atoms with Crippen LogP contribution in [0.15, 0.2) is 72.4 Å². The zero-order chi connectivity index (χ0) is 25.9. The third-order valence-corrected chi connectivity index (χ3v) is 5.28. The molecule has 3 aromatic rings. The SMILES string of the molecule is C=CCOc1ccc(C(=O)N/N=C/c2cc(Cl)c(OCc3ccc(C)cc3)c(OCC)c2)cc1OC. The molecule has 3 aromatic carbocycles. The van der Waals surface area contributed by atoms with Gasteiger partial charge in [-0.3, -0.25) is 4.79 Å². The van der Waals surface area contributed by atoms with Gasteiger partial charge in [-0.05, 0) is 55.3 Å². The highest BCUT2D eigenvalue weighted by Gasteiger charge is 2.14. The summed E-state index contributed by atoms with van der Waals surface area (Å²) in [6.45, 7) is 8.64. The van der Waals surface area contributed by atoms with Crippen LogP contribution in [0, 0.1) is 6.92 Å². The second-order valence-electron chi connectivity index (χ2n) is 7.70. The number of aryl methyl sites for hydroxylation is 1. The van der Waals surface area contributed by atoms with E-state index in [9.17, 15) is 4.79 Å². The molecule has 7 nitrogen and oxygen atoms in total. The molecule has 0 spiro atoms. The minimum Gasteiger partial charge on any atom is -0.493 e. The van der Waals surface area contributed by atoms with Crippen LogP contribution in [0.3, 0.4) is 0 Å². The van der Waals surface area contributed by atoms with Gasteiger partial charge < -0.3 is 18.9 Å². The lowest BCUT2D eigenvalue weighted by molar-refractivity contribution is 0.0954. The first-order valence-electron chi connectivity index (χ1n) is 11.3. The fourth-order valence-corrected chi connectivity index (χ4v) is 3.49. The average molecular weight is 509 g/mol. The number of amides is 1. The summed E-state index contributed by atoms with van der Waals surface area (Å²) in [6, 6.07) is 16.4. The number of methoxy groups -OCH3 is 1. The van der Waals surface area contributed by atoms with Gasteiger partial charge in [0.25, 0.3) is 5.91 Å². The molecular weight excluding hydrogens is 480 g/mol. The van der Waals surface area contributed by atoms with Crippen LogP contribution in [-0.4, -0.2) is 32.4 Å². The Morgan fingerprint density at radius 3 is 2.50 bits per heavy atom. The molecule has 0 radical (unpaired) electrons. The summed E-state index contributed by atoms with van der Waals surface area (Å²) in [5, 5.41) is 4.43. The van der Waals surface area contributed by atoms with Crippen LogP contribution in [0.25, 0.3) is 0 Å². The molecule has 8 heteroatoms. The molecule has 0 heterocycles. The number of ether oxygens (including phenoxy) is 4. The predicted octanol–water partition coefficient (Wildman–Crippen LogP) is 5.96. The Morgan fingerprint density at radius 2 is 1.81 bits per heavy atom. The minimum absolute atomic E-state index is 0.328. The lowest BCUT2D eigenvalue weighted by Gasteiger charge is -2.14. The molecule has 36 heavy (non-hydrogen) atoms. The van der Waals surface area contributed by atoms with Crippen molar-refractivity contribution in [3.63, 3.8) is 0 Å². The van der Waals surface area contributed by atoms with Gasteiger partial charge in [-0.25, -0.2) is 5.43 Å². The van der Waals surface area contributed by atoms with Gasteiger partial charge in [-0.1, -0.05) is 54.1 Å². The summed E-state index contributed by atoms with van der Waals surface area (Å²) < 4.78 is 22.5. The van der Waals surface area contributed by atoms with Gasteiger partial charge in [0, 0.05) is 5.56 Å². The normalized spacial score (nSPS) is 10.7. The van der Waals surface area contributed by atoms with Crippen LogP contribution < -0.4 is 24.4 Å².